The molecule has 36 heavy (non-hydrogen) atoms. The van der Waals surface area contributed by atoms with E-state index in [4.69, 9.17) is 58.0 Å². The molecule has 0 aliphatic heterocycles. The van der Waals surface area contributed by atoms with E-state index in [2.05, 4.69) is 5.32 Å². The second kappa shape index (κ2) is 12.0. The monoisotopic (exact) mass is 615 g/mol. The van der Waals surface area contributed by atoms with Crippen molar-refractivity contribution in [2.45, 2.75) is 45.8 Å². The van der Waals surface area contributed by atoms with E-state index >= 15 is 0 Å². The van der Waals surface area contributed by atoms with Gasteiger partial charge < -0.3 is 10.2 Å². The fourth-order valence-corrected chi connectivity index (χ4v) is 5.06. The van der Waals surface area contributed by atoms with Crippen molar-refractivity contribution in [2.75, 3.05) is 17.1 Å². The van der Waals surface area contributed by atoms with E-state index in [-0.39, 0.29) is 32.3 Å². The van der Waals surface area contributed by atoms with Crippen molar-refractivity contribution in [3.8, 4) is 0 Å². The van der Waals surface area contributed by atoms with E-state index in [0.717, 1.165) is 10.6 Å². The van der Waals surface area contributed by atoms with E-state index in [9.17, 15) is 18.0 Å². The van der Waals surface area contributed by atoms with Crippen molar-refractivity contribution >= 4 is 85.5 Å². The lowest BCUT2D eigenvalue weighted by atomic mass is 10.1. The van der Waals surface area contributed by atoms with Crippen LogP contribution in [0.15, 0.2) is 30.3 Å². The van der Waals surface area contributed by atoms with Gasteiger partial charge in [-0.15, -0.1) is 0 Å². The van der Waals surface area contributed by atoms with Gasteiger partial charge in [0.15, 0.2) is 0 Å². The van der Waals surface area contributed by atoms with Gasteiger partial charge in [0.1, 0.15) is 12.6 Å². The predicted octanol–water partition coefficient (Wildman–Crippen LogP) is 6.05. The van der Waals surface area contributed by atoms with Gasteiger partial charge in [0, 0.05) is 12.1 Å². The minimum Gasteiger partial charge on any atom is -0.350 e. The van der Waals surface area contributed by atoms with E-state index in [0.29, 0.717) is 10.6 Å². The summed E-state index contributed by atoms with van der Waals surface area (Å²) in [7, 11) is -4.00. The van der Waals surface area contributed by atoms with Gasteiger partial charge in [-0.05, 0) is 57.5 Å². The van der Waals surface area contributed by atoms with E-state index in [1.807, 2.05) is 0 Å². The average Bonchev–Trinajstić information content (AvgIpc) is 2.73. The molecule has 0 saturated heterocycles. The van der Waals surface area contributed by atoms with Gasteiger partial charge in [-0.3, -0.25) is 13.9 Å². The maximum Gasteiger partial charge on any atom is 0.244 e. The van der Waals surface area contributed by atoms with Crippen LogP contribution >= 0.6 is 58.0 Å². The Hall–Kier alpha value is -1.42. The van der Waals surface area contributed by atoms with Crippen LogP contribution in [0.1, 0.15) is 33.3 Å². The van der Waals surface area contributed by atoms with Gasteiger partial charge in [0.2, 0.25) is 21.8 Å². The molecule has 0 bridgehead atoms. The van der Waals surface area contributed by atoms with E-state index < -0.39 is 40.0 Å². The van der Waals surface area contributed by atoms with Crippen LogP contribution in [-0.4, -0.2) is 49.5 Å². The zero-order chi connectivity index (χ0) is 27.6. The number of rotatable bonds is 8. The quantitative estimate of drug-likeness (QED) is 0.366. The summed E-state index contributed by atoms with van der Waals surface area (Å²) in [6.45, 7) is 6.28. The molecular weight excluding hydrogens is 592 g/mol. The number of hydrogen-bond acceptors (Lipinski definition) is 4. The first-order valence-electron chi connectivity index (χ1n) is 10.6. The van der Waals surface area contributed by atoms with Crippen molar-refractivity contribution in [2.24, 2.45) is 0 Å². The Balaban J connectivity index is 2.50. The minimum absolute atomic E-state index is 0.0165. The second-order valence-electron chi connectivity index (χ2n) is 9.17. The number of benzene rings is 2. The third-order valence-electron chi connectivity index (χ3n) is 4.94. The van der Waals surface area contributed by atoms with Crippen molar-refractivity contribution in [1.82, 2.24) is 10.2 Å². The Morgan fingerprint density at radius 2 is 1.47 bits per heavy atom. The lowest BCUT2D eigenvalue weighted by molar-refractivity contribution is -0.140. The number of nitrogens with one attached hydrogen (secondary N) is 1. The smallest absolute Gasteiger partial charge is 0.244 e. The third-order valence-corrected chi connectivity index (χ3v) is 7.83. The molecular formula is C23H26Cl5N3O4S. The summed E-state index contributed by atoms with van der Waals surface area (Å²) < 4.78 is 26.2. The fraction of sp³-hybridized carbons (Fsp3) is 0.391. The summed E-state index contributed by atoms with van der Waals surface area (Å²) in [5, 5.41) is 3.60. The van der Waals surface area contributed by atoms with Crippen LogP contribution in [-0.2, 0) is 26.2 Å². The van der Waals surface area contributed by atoms with Gasteiger partial charge >= 0.3 is 0 Å². The molecule has 0 saturated carbocycles. The number of amides is 2. The predicted molar refractivity (Wildman–Crippen MR) is 148 cm³/mol. The Labute approximate surface area is 236 Å². The molecule has 0 aromatic heterocycles. The molecule has 1 atom stereocenters. The lowest BCUT2D eigenvalue weighted by Gasteiger charge is -2.33. The first-order chi connectivity index (χ1) is 16.4. The molecule has 0 aliphatic rings. The Bertz CT molecular complexity index is 1270. The summed E-state index contributed by atoms with van der Waals surface area (Å²) in [6, 6.07) is 6.39. The van der Waals surface area contributed by atoms with Crippen LogP contribution in [0.25, 0.3) is 0 Å². The van der Waals surface area contributed by atoms with Crippen molar-refractivity contribution in [3.05, 3.63) is 61.0 Å². The van der Waals surface area contributed by atoms with Gasteiger partial charge in [-0.25, -0.2) is 8.42 Å². The number of carbonyl (C=O) groups is 2. The number of halogens is 5. The number of sulfonamides is 1. The van der Waals surface area contributed by atoms with E-state index in [1.165, 1.54) is 17.0 Å². The lowest BCUT2D eigenvalue weighted by Crippen LogP contribution is -2.54. The minimum atomic E-state index is -4.00. The summed E-state index contributed by atoms with van der Waals surface area (Å²) in [6.07, 6.45) is 0.929. The van der Waals surface area contributed by atoms with Crippen LogP contribution in [0.2, 0.25) is 25.1 Å². The number of carbonyl (C=O) groups excluding carboxylic acids is 2. The third kappa shape index (κ3) is 8.30. The number of nitrogens with zero attached hydrogens (tertiary/aromatic N) is 2. The molecule has 2 rings (SSSR count). The zero-order valence-electron chi connectivity index (χ0n) is 20.2. The second-order valence-corrected chi connectivity index (χ2v) is 13.1. The van der Waals surface area contributed by atoms with Gasteiger partial charge in [-0.1, -0.05) is 64.1 Å². The summed E-state index contributed by atoms with van der Waals surface area (Å²) >= 11 is 30.5. The highest BCUT2D eigenvalue weighted by atomic mass is 35.5. The molecule has 13 heteroatoms. The van der Waals surface area contributed by atoms with Gasteiger partial charge in [0.05, 0.1) is 37.1 Å². The molecule has 0 radical (unpaired) electrons. The Morgan fingerprint density at radius 3 is 2.00 bits per heavy atom. The van der Waals surface area contributed by atoms with Gasteiger partial charge in [-0.2, -0.15) is 0 Å². The largest absolute Gasteiger partial charge is 0.350 e. The highest BCUT2D eigenvalue weighted by Gasteiger charge is 2.32. The molecule has 2 aromatic carbocycles. The first kappa shape index (κ1) is 30.8. The summed E-state index contributed by atoms with van der Waals surface area (Å²) in [4.78, 5) is 27.8. The maximum atomic E-state index is 13.6. The van der Waals surface area contributed by atoms with Crippen molar-refractivity contribution < 1.29 is 18.0 Å². The summed E-state index contributed by atoms with van der Waals surface area (Å²) in [5.74, 6) is -1.08. The van der Waals surface area contributed by atoms with Crippen molar-refractivity contribution in [3.63, 3.8) is 0 Å². The van der Waals surface area contributed by atoms with Crippen LogP contribution in [0, 0.1) is 0 Å². The topological polar surface area (TPSA) is 86.8 Å². The standard InChI is InChI=1S/C23H26Cl5N3O4S/c1-13(22(33)29-23(2,3)4)30(11-14-6-7-15(24)16(25)8-14)21(32)12-31(36(5,34)35)20-10-18(27)17(26)9-19(20)28/h6-10,13H,11-12H2,1-5H3,(H,29,33)/t13-/m0/s1. The highest BCUT2D eigenvalue weighted by molar-refractivity contribution is 7.92. The first-order valence-corrected chi connectivity index (χ1v) is 14.3. The summed E-state index contributed by atoms with van der Waals surface area (Å²) in [5.41, 5.74) is 0.00515. The van der Waals surface area contributed by atoms with Crippen LogP contribution in [0.5, 0.6) is 0 Å². The maximum absolute atomic E-state index is 13.6. The van der Waals surface area contributed by atoms with Crippen LogP contribution in [0.3, 0.4) is 0 Å². The molecule has 1 N–H and O–H groups in total. The molecule has 2 aromatic rings. The molecule has 2 amide bonds. The molecule has 0 unspecified atom stereocenters. The highest BCUT2D eigenvalue weighted by Crippen LogP contribution is 2.35. The molecule has 0 heterocycles. The zero-order valence-corrected chi connectivity index (χ0v) is 24.8. The molecule has 0 fully saturated rings. The number of anilines is 1. The molecule has 0 aliphatic carbocycles. The van der Waals surface area contributed by atoms with Crippen molar-refractivity contribution in [1.29, 1.82) is 0 Å². The molecule has 0 spiro atoms. The Morgan fingerprint density at radius 1 is 0.917 bits per heavy atom. The number of hydrogen-bond donors (Lipinski definition) is 1. The molecule has 7 nitrogen and oxygen atoms in total. The van der Waals surface area contributed by atoms with Crippen LogP contribution in [0.4, 0.5) is 5.69 Å². The average molecular weight is 618 g/mol. The Kier molecular flexibility index (Phi) is 10.2. The van der Waals surface area contributed by atoms with E-state index in [1.54, 1.807) is 45.9 Å². The van der Waals surface area contributed by atoms with Crippen LogP contribution < -0.4 is 9.62 Å². The SMILES string of the molecule is C[C@@H](C(=O)NC(C)(C)C)N(Cc1ccc(Cl)c(Cl)c1)C(=O)CN(c1cc(Cl)c(Cl)cc1Cl)S(C)(=O)=O. The normalized spacial score (nSPS) is 12.7. The van der Waals surface area contributed by atoms with Gasteiger partial charge in [0.25, 0.3) is 0 Å². The molecule has 198 valence electrons. The fourth-order valence-electron chi connectivity index (χ4n) is 3.19.